The van der Waals surface area contributed by atoms with Crippen LogP contribution in [-0.2, 0) is 32.0 Å². The van der Waals surface area contributed by atoms with Crippen LogP contribution in [0.2, 0.25) is 0 Å². The number of carbonyl (C=O) groups is 3. The highest BCUT2D eigenvalue weighted by atomic mass is 16.6. The number of ether oxygens (including phenoxy) is 3. The van der Waals surface area contributed by atoms with Gasteiger partial charge in [-0.15, -0.1) is 0 Å². The smallest absolute Gasteiger partial charge is 0.349 e. The number of Topliss-reactive ketones (excluding diaryl/α,β-unsaturated/α-hetero) is 1. The van der Waals surface area contributed by atoms with Gasteiger partial charge in [0.2, 0.25) is 6.10 Å². The molecule has 34 heavy (non-hydrogen) atoms. The van der Waals surface area contributed by atoms with Crippen LogP contribution in [0.4, 0.5) is 11.4 Å². The number of hydrogen-bond donors (Lipinski definition) is 0. The van der Waals surface area contributed by atoms with Crippen LogP contribution in [0.5, 0.6) is 5.75 Å². The van der Waals surface area contributed by atoms with Gasteiger partial charge < -0.3 is 24.0 Å². The van der Waals surface area contributed by atoms with Crippen molar-refractivity contribution in [2.24, 2.45) is 0 Å². The summed E-state index contributed by atoms with van der Waals surface area (Å²) in [6.45, 7) is 5.36. The van der Waals surface area contributed by atoms with Gasteiger partial charge in [-0.3, -0.25) is 4.79 Å². The summed E-state index contributed by atoms with van der Waals surface area (Å²) in [6.07, 6.45) is -0.0638. The third kappa shape index (κ3) is 3.77. The molecule has 0 aromatic heterocycles. The highest BCUT2D eigenvalue weighted by Crippen LogP contribution is 2.50. The van der Waals surface area contributed by atoms with Gasteiger partial charge in [-0.25, -0.2) is 9.59 Å². The average molecular weight is 465 g/mol. The summed E-state index contributed by atoms with van der Waals surface area (Å²) in [6, 6.07) is 11.3. The SMILES string of the molecule is CCOC(=O)C1CN(Cc2ccccc2)c2c(cc3c4c2C(=O)CCN4C(C(=O)OCC)C3)O1. The Labute approximate surface area is 198 Å². The lowest BCUT2D eigenvalue weighted by Gasteiger charge is -2.39. The minimum Gasteiger partial charge on any atom is -0.475 e. The molecule has 2 aromatic rings. The average Bonchev–Trinajstić information content (AvgIpc) is 3.20. The van der Waals surface area contributed by atoms with Gasteiger partial charge in [0.1, 0.15) is 11.8 Å². The van der Waals surface area contributed by atoms with E-state index < -0.39 is 18.1 Å². The molecule has 0 saturated carbocycles. The van der Waals surface area contributed by atoms with E-state index in [4.69, 9.17) is 14.2 Å². The van der Waals surface area contributed by atoms with Gasteiger partial charge in [0.25, 0.3) is 0 Å². The lowest BCUT2D eigenvalue weighted by atomic mass is 9.94. The Kier molecular flexibility index (Phi) is 5.89. The largest absolute Gasteiger partial charge is 0.475 e. The number of fused-ring (bicyclic) bond motifs is 2. The van der Waals surface area contributed by atoms with E-state index in [1.54, 1.807) is 13.8 Å². The monoisotopic (exact) mass is 464 g/mol. The number of anilines is 2. The fraction of sp³-hybridized carbons (Fsp3) is 0.423. The number of ketones is 1. The maximum atomic E-state index is 13.3. The van der Waals surface area contributed by atoms with Crippen molar-refractivity contribution in [1.29, 1.82) is 0 Å². The molecule has 0 fully saturated rings. The van der Waals surface area contributed by atoms with E-state index in [0.717, 1.165) is 16.8 Å². The molecule has 0 bridgehead atoms. The standard InChI is InChI=1S/C26H28N2O6/c1-3-32-25(30)18-12-17-13-20-24(22-19(29)10-11-28(18)23(17)22)27(14-16-8-6-5-7-9-16)15-21(34-20)26(31)33-4-2/h5-9,13,18,21H,3-4,10-12,14-15H2,1-2H3. The predicted octanol–water partition coefficient (Wildman–Crippen LogP) is 2.90. The first kappa shape index (κ1) is 22.3. The van der Waals surface area contributed by atoms with Gasteiger partial charge in [0.15, 0.2) is 5.78 Å². The van der Waals surface area contributed by atoms with Crippen molar-refractivity contribution < 1.29 is 28.6 Å². The third-order valence-electron chi connectivity index (χ3n) is 6.55. The lowest BCUT2D eigenvalue weighted by Crippen LogP contribution is -2.47. The molecule has 0 N–H and O–H groups in total. The first-order valence-electron chi connectivity index (χ1n) is 11.8. The zero-order valence-corrected chi connectivity index (χ0v) is 19.4. The molecule has 3 heterocycles. The topological polar surface area (TPSA) is 85.4 Å². The number of rotatable bonds is 6. The molecule has 0 spiro atoms. The van der Waals surface area contributed by atoms with Crippen LogP contribution >= 0.6 is 0 Å². The Hall–Kier alpha value is -3.55. The van der Waals surface area contributed by atoms with Gasteiger partial charge in [-0.2, -0.15) is 0 Å². The quantitative estimate of drug-likeness (QED) is 0.604. The van der Waals surface area contributed by atoms with Crippen molar-refractivity contribution >= 4 is 29.1 Å². The summed E-state index contributed by atoms with van der Waals surface area (Å²) in [5.74, 6) is -0.222. The van der Waals surface area contributed by atoms with E-state index in [1.165, 1.54) is 0 Å². The van der Waals surface area contributed by atoms with E-state index in [1.807, 2.05) is 46.2 Å². The Balaban J connectivity index is 1.61. The van der Waals surface area contributed by atoms with Crippen molar-refractivity contribution in [3.05, 3.63) is 53.1 Å². The number of hydrogen-bond acceptors (Lipinski definition) is 8. The van der Waals surface area contributed by atoms with Crippen molar-refractivity contribution in [2.75, 3.05) is 36.1 Å². The number of esters is 2. The summed E-state index contributed by atoms with van der Waals surface area (Å²) in [5.41, 5.74) is 3.97. The van der Waals surface area contributed by atoms with Gasteiger partial charge in [0, 0.05) is 25.9 Å². The summed E-state index contributed by atoms with van der Waals surface area (Å²) in [5, 5.41) is 0. The second-order valence-corrected chi connectivity index (χ2v) is 8.67. The van der Waals surface area contributed by atoms with Crippen molar-refractivity contribution in [3.8, 4) is 5.75 Å². The zero-order chi connectivity index (χ0) is 23.8. The molecular weight excluding hydrogens is 436 g/mol. The number of benzene rings is 2. The zero-order valence-electron chi connectivity index (χ0n) is 19.4. The van der Waals surface area contributed by atoms with Crippen LogP contribution in [0.25, 0.3) is 0 Å². The molecule has 2 unspecified atom stereocenters. The second-order valence-electron chi connectivity index (χ2n) is 8.67. The van der Waals surface area contributed by atoms with Crippen LogP contribution in [0.3, 0.4) is 0 Å². The first-order valence-corrected chi connectivity index (χ1v) is 11.8. The highest BCUT2D eigenvalue weighted by molar-refractivity contribution is 6.12. The lowest BCUT2D eigenvalue weighted by molar-refractivity contribution is -0.151. The molecule has 0 saturated heterocycles. The Morgan fingerprint density at radius 2 is 1.79 bits per heavy atom. The van der Waals surface area contributed by atoms with E-state index in [0.29, 0.717) is 49.5 Å². The molecule has 0 radical (unpaired) electrons. The molecule has 0 amide bonds. The van der Waals surface area contributed by atoms with Crippen molar-refractivity contribution in [3.63, 3.8) is 0 Å². The predicted molar refractivity (Wildman–Crippen MR) is 125 cm³/mol. The highest BCUT2D eigenvalue weighted by Gasteiger charge is 2.45. The molecule has 178 valence electrons. The molecule has 3 aliphatic rings. The fourth-order valence-corrected chi connectivity index (χ4v) is 5.17. The van der Waals surface area contributed by atoms with Crippen molar-refractivity contribution in [1.82, 2.24) is 0 Å². The molecule has 8 nitrogen and oxygen atoms in total. The van der Waals surface area contributed by atoms with Gasteiger partial charge in [-0.05, 0) is 31.0 Å². The van der Waals surface area contributed by atoms with Crippen LogP contribution in [0.15, 0.2) is 36.4 Å². The number of nitrogens with zero attached hydrogens (tertiary/aromatic N) is 2. The summed E-state index contributed by atoms with van der Waals surface area (Å²) < 4.78 is 16.7. The summed E-state index contributed by atoms with van der Waals surface area (Å²) in [7, 11) is 0. The minimum atomic E-state index is -0.807. The minimum absolute atomic E-state index is 0.0186. The molecule has 5 rings (SSSR count). The molecule has 3 aliphatic heterocycles. The molecular formula is C26H28N2O6. The van der Waals surface area contributed by atoms with Crippen molar-refractivity contribution in [2.45, 2.75) is 45.4 Å². The maximum absolute atomic E-state index is 13.3. The molecule has 2 aromatic carbocycles. The van der Waals surface area contributed by atoms with Crippen LogP contribution in [0.1, 0.15) is 41.8 Å². The Morgan fingerprint density at radius 1 is 1.06 bits per heavy atom. The first-order chi connectivity index (χ1) is 16.5. The van der Waals surface area contributed by atoms with Gasteiger partial charge in [-0.1, -0.05) is 30.3 Å². The normalized spacial score (nSPS) is 20.4. The van der Waals surface area contributed by atoms with Crippen LogP contribution < -0.4 is 14.5 Å². The van der Waals surface area contributed by atoms with Crippen LogP contribution in [0, 0.1) is 0 Å². The maximum Gasteiger partial charge on any atom is 0.349 e. The third-order valence-corrected chi connectivity index (χ3v) is 6.55. The Bertz CT molecular complexity index is 1130. The molecule has 2 atom stereocenters. The molecule has 0 aliphatic carbocycles. The van der Waals surface area contributed by atoms with E-state index in [9.17, 15) is 14.4 Å². The fourth-order valence-electron chi connectivity index (χ4n) is 5.17. The van der Waals surface area contributed by atoms with E-state index in [2.05, 4.69) is 0 Å². The summed E-state index contributed by atoms with van der Waals surface area (Å²) in [4.78, 5) is 42.6. The molecule has 8 heteroatoms. The number of carbonyl (C=O) groups excluding carboxylic acids is 3. The second kappa shape index (κ2) is 9.00. The van der Waals surface area contributed by atoms with E-state index >= 15 is 0 Å². The summed E-state index contributed by atoms with van der Waals surface area (Å²) >= 11 is 0. The van der Waals surface area contributed by atoms with Crippen LogP contribution in [-0.4, -0.2) is 56.2 Å². The van der Waals surface area contributed by atoms with Gasteiger partial charge >= 0.3 is 11.9 Å². The Morgan fingerprint density at radius 3 is 2.53 bits per heavy atom. The van der Waals surface area contributed by atoms with E-state index in [-0.39, 0.29) is 24.9 Å². The van der Waals surface area contributed by atoms with Gasteiger partial charge in [0.05, 0.1) is 36.7 Å².